The first-order valence-electron chi connectivity index (χ1n) is 6.19. The van der Waals surface area contributed by atoms with Gasteiger partial charge in [-0.2, -0.15) is 0 Å². The molecular weight excluding hydrogens is 342 g/mol. The third-order valence-electron chi connectivity index (χ3n) is 3.32. The van der Waals surface area contributed by atoms with Crippen LogP contribution in [0.5, 0.6) is 0 Å². The topological polar surface area (TPSA) is 112 Å². The Morgan fingerprint density at radius 1 is 1.62 bits per heavy atom. The number of aryl methyl sites for hydroxylation is 1. The van der Waals surface area contributed by atoms with Crippen molar-refractivity contribution >= 4 is 33.2 Å². The van der Waals surface area contributed by atoms with Crippen LogP contribution in [0.2, 0.25) is 0 Å². The summed E-state index contributed by atoms with van der Waals surface area (Å²) < 4.78 is 0.590. The average Bonchev–Trinajstić information content (AvgIpc) is 2.76. The van der Waals surface area contributed by atoms with Crippen LogP contribution in [0, 0.1) is 23.0 Å². The third-order valence-corrected chi connectivity index (χ3v) is 3.78. The Labute approximate surface area is 128 Å². The summed E-state index contributed by atoms with van der Waals surface area (Å²) in [4.78, 5) is 26.9. The molecule has 0 bridgehead atoms. The van der Waals surface area contributed by atoms with Gasteiger partial charge >= 0.3 is 0 Å². The summed E-state index contributed by atoms with van der Waals surface area (Å²) in [6, 6.07) is 3.12. The smallest absolute Gasteiger partial charge is 0.294 e. The van der Waals surface area contributed by atoms with Crippen LogP contribution in [0.15, 0.2) is 21.7 Å². The maximum atomic E-state index is 12.1. The van der Waals surface area contributed by atoms with Gasteiger partial charge in [-0.3, -0.25) is 14.9 Å². The van der Waals surface area contributed by atoms with Gasteiger partial charge < -0.3 is 4.90 Å². The lowest BCUT2D eigenvalue weighted by atomic mass is 10.1. The molecule has 21 heavy (non-hydrogen) atoms. The van der Waals surface area contributed by atoms with Crippen molar-refractivity contribution in [2.45, 2.75) is 13.3 Å². The SMILES string of the molecule is Cc1cc(Br)cc([N+](=O)[O-])c1N1CC(CN=[N+]=[N-])CC1=O. The number of hydrogen-bond acceptors (Lipinski definition) is 4. The molecule has 1 atom stereocenters. The monoisotopic (exact) mass is 353 g/mol. The van der Waals surface area contributed by atoms with E-state index < -0.39 is 4.92 Å². The molecule has 1 amide bonds. The van der Waals surface area contributed by atoms with E-state index in [-0.39, 0.29) is 30.5 Å². The minimum absolute atomic E-state index is 0.111. The zero-order chi connectivity index (χ0) is 15.6. The van der Waals surface area contributed by atoms with E-state index in [0.29, 0.717) is 22.3 Å². The Hall–Kier alpha value is -2.12. The minimum atomic E-state index is -0.499. The molecule has 110 valence electrons. The van der Waals surface area contributed by atoms with E-state index in [4.69, 9.17) is 5.53 Å². The van der Waals surface area contributed by atoms with Gasteiger partial charge in [-0.1, -0.05) is 21.0 Å². The molecule has 1 fully saturated rings. The molecule has 1 aromatic rings. The molecule has 1 heterocycles. The first kappa shape index (κ1) is 15.3. The zero-order valence-electron chi connectivity index (χ0n) is 11.2. The van der Waals surface area contributed by atoms with Crippen LogP contribution in [0.4, 0.5) is 11.4 Å². The molecule has 0 N–H and O–H groups in total. The summed E-state index contributed by atoms with van der Waals surface area (Å²) in [5, 5.41) is 14.7. The van der Waals surface area contributed by atoms with Gasteiger partial charge in [0.05, 0.1) is 4.92 Å². The molecule has 1 aromatic carbocycles. The lowest BCUT2D eigenvalue weighted by Gasteiger charge is -2.19. The average molecular weight is 354 g/mol. The lowest BCUT2D eigenvalue weighted by Crippen LogP contribution is -2.26. The van der Waals surface area contributed by atoms with Gasteiger partial charge in [-0.05, 0) is 30.0 Å². The molecule has 0 radical (unpaired) electrons. The van der Waals surface area contributed by atoms with E-state index in [1.54, 1.807) is 13.0 Å². The van der Waals surface area contributed by atoms with Crippen molar-refractivity contribution in [3.8, 4) is 0 Å². The molecule has 9 heteroatoms. The van der Waals surface area contributed by atoms with Gasteiger partial charge in [0, 0.05) is 35.0 Å². The second kappa shape index (κ2) is 6.11. The lowest BCUT2D eigenvalue weighted by molar-refractivity contribution is -0.384. The van der Waals surface area contributed by atoms with Crippen molar-refractivity contribution in [1.29, 1.82) is 0 Å². The van der Waals surface area contributed by atoms with E-state index in [9.17, 15) is 14.9 Å². The van der Waals surface area contributed by atoms with Crippen LogP contribution in [0.1, 0.15) is 12.0 Å². The first-order valence-corrected chi connectivity index (χ1v) is 6.99. The fourth-order valence-corrected chi connectivity index (χ4v) is 3.04. The highest BCUT2D eigenvalue weighted by Crippen LogP contribution is 2.38. The quantitative estimate of drug-likeness (QED) is 0.272. The molecule has 0 saturated carbocycles. The molecule has 0 aliphatic carbocycles. The number of carbonyl (C=O) groups excluding carboxylic acids is 1. The van der Waals surface area contributed by atoms with Crippen molar-refractivity contribution in [3.05, 3.63) is 42.7 Å². The van der Waals surface area contributed by atoms with Crippen LogP contribution in [-0.2, 0) is 4.79 Å². The van der Waals surface area contributed by atoms with Gasteiger partial charge in [0.25, 0.3) is 5.69 Å². The molecule has 1 saturated heterocycles. The maximum Gasteiger partial charge on any atom is 0.294 e. The zero-order valence-corrected chi connectivity index (χ0v) is 12.8. The first-order chi connectivity index (χ1) is 9.93. The summed E-state index contributed by atoms with van der Waals surface area (Å²) in [5.41, 5.74) is 9.18. The number of nitro groups is 1. The Morgan fingerprint density at radius 3 is 2.95 bits per heavy atom. The predicted molar refractivity (Wildman–Crippen MR) is 80.0 cm³/mol. The Morgan fingerprint density at radius 2 is 2.33 bits per heavy atom. The number of nitrogens with zero attached hydrogens (tertiary/aromatic N) is 5. The molecule has 8 nitrogen and oxygen atoms in total. The molecule has 1 aliphatic rings. The largest absolute Gasteiger partial charge is 0.306 e. The number of azide groups is 1. The van der Waals surface area contributed by atoms with Crippen LogP contribution in [0.3, 0.4) is 0 Å². The minimum Gasteiger partial charge on any atom is -0.306 e. The summed E-state index contributed by atoms with van der Waals surface area (Å²) in [6.07, 6.45) is 0.228. The summed E-state index contributed by atoms with van der Waals surface area (Å²) in [5.74, 6) is -0.308. The van der Waals surface area contributed by atoms with Crippen LogP contribution < -0.4 is 4.90 Å². The van der Waals surface area contributed by atoms with E-state index in [1.165, 1.54) is 11.0 Å². The van der Waals surface area contributed by atoms with Crippen LogP contribution >= 0.6 is 15.9 Å². The van der Waals surface area contributed by atoms with Crippen molar-refractivity contribution in [3.63, 3.8) is 0 Å². The highest BCUT2D eigenvalue weighted by atomic mass is 79.9. The second-order valence-electron chi connectivity index (χ2n) is 4.84. The number of anilines is 1. The molecule has 1 aliphatic heterocycles. The van der Waals surface area contributed by atoms with Crippen molar-refractivity contribution in [2.75, 3.05) is 18.0 Å². The Balaban J connectivity index is 2.40. The van der Waals surface area contributed by atoms with Gasteiger partial charge in [0.1, 0.15) is 5.69 Å². The fraction of sp³-hybridized carbons (Fsp3) is 0.417. The van der Waals surface area contributed by atoms with E-state index in [0.717, 1.165) is 0 Å². The van der Waals surface area contributed by atoms with Crippen molar-refractivity contribution in [2.24, 2.45) is 11.0 Å². The fourth-order valence-electron chi connectivity index (χ4n) is 2.48. The number of halogens is 1. The molecule has 0 aromatic heterocycles. The van der Waals surface area contributed by atoms with Gasteiger partial charge in [0.2, 0.25) is 5.91 Å². The highest BCUT2D eigenvalue weighted by molar-refractivity contribution is 9.10. The third kappa shape index (κ3) is 3.14. The number of amides is 1. The normalized spacial score (nSPS) is 17.7. The number of hydrogen-bond donors (Lipinski definition) is 0. The second-order valence-corrected chi connectivity index (χ2v) is 5.75. The van der Waals surface area contributed by atoms with E-state index in [1.807, 2.05) is 0 Å². The number of benzene rings is 1. The van der Waals surface area contributed by atoms with Crippen molar-refractivity contribution < 1.29 is 9.72 Å². The van der Waals surface area contributed by atoms with E-state index in [2.05, 4.69) is 26.0 Å². The summed E-state index contributed by atoms with van der Waals surface area (Å²) in [7, 11) is 0. The maximum absolute atomic E-state index is 12.1. The summed E-state index contributed by atoms with van der Waals surface area (Å²) >= 11 is 3.22. The van der Waals surface area contributed by atoms with Crippen LogP contribution in [-0.4, -0.2) is 23.9 Å². The molecular formula is C12H12BrN5O3. The number of carbonyl (C=O) groups is 1. The standard InChI is InChI=1S/C12H12BrN5O3/c1-7-2-9(13)4-10(18(20)21)12(7)17-6-8(3-11(17)19)5-15-16-14/h2,4,8H,3,5-6H2,1H3. The van der Waals surface area contributed by atoms with E-state index >= 15 is 0 Å². The van der Waals surface area contributed by atoms with Gasteiger partial charge in [0.15, 0.2) is 0 Å². The number of nitro benzene ring substituents is 1. The van der Waals surface area contributed by atoms with Gasteiger partial charge in [-0.15, -0.1) is 0 Å². The number of rotatable bonds is 4. The molecule has 0 spiro atoms. The van der Waals surface area contributed by atoms with Gasteiger partial charge in [-0.25, -0.2) is 0 Å². The molecule has 2 rings (SSSR count). The predicted octanol–water partition coefficient (Wildman–Crippen LogP) is 3.33. The van der Waals surface area contributed by atoms with Crippen LogP contribution in [0.25, 0.3) is 10.4 Å². The molecule has 1 unspecified atom stereocenters. The summed E-state index contributed by atoms with van der Waals surface area (Å²) in [6.45, 7) is 2.25. The Bertz CT molecular complexity index is 657. The Kier molecular flexibility index (Phi) is 4.44. The van der Waals surface area contributed by atoms with Crippen molar-refractivity contribution in [1.82, 2.24) is 0 Å². The highest BCUT2D eigenvalue weighted by Gasteiger charge is 2.35.